The molecular weight excluding hydrogens is 254 g/mol. The maximum atomic E-state index is 12.5. The Labute approximate surface area is 118 Å². The second-order valence-electron chi connectivity index (χ2n) is 6.12. The molecular formula is C14H21N5O. The van der Waals surface area contributed by atoms with E-state index in [0.29, 0.717) is 24.7 Å². The Morgan fingerprint density at radius 3 is 2.70 bits per heavy atom. The van der Waals surface area contributed by atoms with E-state index in [-0.39, 0.29) is 11.8 Å². The van der Waals surface area contributed by atoms with Gasteiger partial charge in [0.05, 0.1) is 6.54 Å². The third-order valence-corrected chi connectivity index (χ3v) is 3.57. The van der Waals surface area contributed by atoms with E-state index in [0.717, 1.165) is 24.1 Å². The van der Waals surface area contributed by atoms with Crippen LogP contribution in [-0.2, 0) is 0 Å². The normalized spacial score (nSPS) is 17.9. The maximum absolute atomic E-state index is 12.5. The molecule has 0 aliphatic carbocycles. The Hall–Kier alpha value is -1.85. The van der Waals surface area contributed by atoms with Gasteiger partial charge in [-0.05, 0) is 5.92 Å². The molecule has 1 aromatic heterocycles. The predicted molar refractivity (Wildman–Crippen MR) is 78.2 cm³/mol. The average Bonchev–Trinajstić information content (AvgIpc) is 3.01. The lowest BCUT2D eigenvalue weighted by atomic mass is 10.2. The fourth-order valence-electron chi connectivity index (χ4n) is 2.62. The highest BCUT2D eigenvalue weighted by Gasteiger charge is 2.40. The molecule has 0 fully saturated rings. The molecule has 0 bridgehead atoms. The number of H-pyrrole nitrogens is 1. The Morgan fingerprint density at radius 2 is 2.05 bits per heavy atom. The highest BCUT2D eigenvalue weighted by molar-refractivity contribution is 6.17. The summed E-state index contributed by atoms with van der Waals surface area (Å²) in [5, 5.41) is 0. The van der Waals surface area contributed by atoms with Crippen molar-refractivity contribution in [1.82, 2.24) is 14.9 Å². The van der Waals surface area contributed by atoms with Gasteiger partial charge < -0.3 is 4.98 Å². The number of nitrogens with one attached hydrogen (secondary N) is 1. The van der Waals surface area contributed by atoms with Crippen LogP contribution in [0.4, 0.5) is 5.82 Å². The number of anilines is 1. The smallest absolute Gasteiger partial charge is 0.280 e. The number of imidazole rings is 1. The van der Waals surface area contributed by atoms with Crippen molar-refractivity contribution in [2.75, 3.05) is 24.5 Å². The number of carbonyl (C=O) groups excluding carboxylic acids is 1. The fourth-order valence-corrected chi connectivity index (χ4v) is 2.62. The number of guanidine groups is 1. The summed E-state index contributed by atoms with van der Waals surface area (Å²) in [7, 11) is 0. The largest absolute Gasteiger partial charge is 0.336 e. The molecule has 1 aromatic rings. The summed E-state index contributed by atoms with van der Waals surface area (Å²) < 4.78 is 0. The summed E-state index contributed by atoms with van der Waals surface area (Å²) in [6.45, 7) is 10.6. The molecule has 2 aliphatic rings. The second-order valence-corrected chi connectivity index (χ2v) is 6.12. The van der Waals surface area contributed by atoms with Gasteiger partial charge in [0.2, 0.25) is 5.96 Å². The number of aromatic amines is 1. The monoisotopic (exact) mass is 275 g/mol. The molecule has 2 aliphatic heterocycles. The first kappa shape index (κ1) is 13.1. The van der Waals surface area contributed by atoms with E-state index in [4.69, 9.17) is 0 Å². The molecule has 108 valence electrons. The maximum Gasteiger partial charge on any atom is 0.280 e. The van der Waals surface area contributed by atoms with Crippen molar-refractivity contribution >= 4 is 17.7 Å². The van der Waals surface area contributed by atoms with Crippen LogP contribution in [0, 0.1) is 5.92 Å². The van der Waals surface area contributed by atoms with Gasteiger partial charge in [-0.2, -0.15) is 0 Å². The lowest BCUT2D eigenvalue weighted by Gasteiger charge is -2.33. The molecule has 0 saturated carbocycles. The number of fused-ring (bicyclic) bond motifs is 2. The van der Waals surface area contributed by atoms with Crippen molar-refractivity contribution in [2.45, 2.75) is 33.6 Å². The van der Waals surface area contributed by atoms with Crippen LogP contribution in [-0.4, -0.2) is 46.4 Å². The number of hydrogen-bond acceptors (Lipinski definition) is 4. The SMILES string of the molecule is CC(C)CN1C2=NCCN2C(=O)c2[nH]c(C(C)C)nc21. The number of hydrogen-bond donors (Lipinski definition) is 1. The molecule has 1 N–H and O–H groups in total. The second kappa shape index (κ2) is 4.61. The minimum atomic E-state index is -0.00402. The van der Waals surface area contributed by atoms with Crippen LogP contribution in [0.15, 0.2) is 4.99 Å². The molecule has 0 aromatic carbocycles. The van der Waals surface area contributed by atoms with E-state index in [1.807, 2.05) is 0 Å². The molecule has 0 atom stereocenters. The number of amides is 1. The van der Waals surface area contributed by atoms with E-state index in [1.165, 1.54) is 0 Å². The Balaban J connectivity index is 2.09. The molecule has 6 heteroatoms. The van der Waals surface area contributed by atoms with Gasteiger partial charge in [-0.25, -0.2) is 4.98 Å². The van der Waals surface area contributed by atoms with Crippen LogP contribution >= 0.6 is 0 Å². The van der Waals surface area contributed by atoms with Crippen LogP contribution in [0.5, 0.6) is 0 Å². The molecule has 6 nitrogen and oxygen atoms in total. The van der Waals surface area contributed by atoms with Gasteiger partial charge in [0, 0.05) is 19.0 Å². The van der Waals surface area contributed by atoms with E-state index < -0.39 is 0 Å². The van der Waals surface area contributed by atoms with Crippen molar-refractivity contribution in [2.24, 2.45) is 10.9 Å². The number of aliphatic imine (C=N–C) groups is 1. The van der Waals surface area contributed by atoms with Gasteiger partial charge >= 0.3 is 0 Å². The Kier molecular flexibility index (Phi) is 3.03. The molecule has 0 radical (unpaired) electrons. The van der Waals surface area contributed by atoms with Crippen LogP contribution in [0.3, 0.4) is 0 Å². The summed E-state index contributed by atoms with van der Waals surface area (Å²) in [5.41, 5.74) is 0.607. The van der Waals surface area contributed by atoms with Gasteiger partial charge in [0.1, 0.15) is 11.5 Å². The van der Waals surface area contributed by atoms with E-state index >= 15 is 0 Å². The summed E-state index contributed by atoms with van der Waals surface area (Å²) in [6.07, 6.45) is 0. The minimum Gasteiger partial charge on any atom is -0.336 e. The molecule has 20 heavy (non-hydrogen) atoms. The third kappa shape index (κ3) is 1.90. The van der Waals surface area contributed by atoms with E-state index in [1.54, 1.807) is 4.90 Å². The van der Waals surface area contributed by atoms with E-state index in [9.17, 15) is 4.79 Å². The van der Waals surface area contributed by atoms with Crippen molar-refractivity contribution in [3.8, 4) is 0 Å². The van der Waals surface area contributed by atoms with Crippen LogP contribution < -0.4 is 4.90 Å². The highest BCUT2D eigenvalue weighted by atomic mass is 16.2. The molecule has 0 unspecified atom stereocenters. The number of nitrogens with zero attached hydrogens (tertiary/aromatic N) is 4. The fraction of sp³-hybridized carbons (Fsp3) is 0.643. The van der Waals surface area contributed by atoms with Gasteiger partial charge in [-0.1, -0.05) is 27.7 Å². The van der Waals surface area contributed by atoms with Crippen LogP contribution in [0.2, 0.25) is 0 Å². The summed E-state index contributed by atoms with van der Waals surface area (Å²) >= 11 is 0. The zero-order valence-corrected chi connectivity index (χ0v) is 12.5. The first-order valence-corrected chi connectivity index (χ1v) is 7.22. The highest BCUT2D eigenvalue weighted by Crippen LogP contribution is 2.30. The first-order valence-electron chi connectivity index (χ1n) is 7.22. The zero-order chi connectivity index (χ0) is 14.4. The molecule has 3 rings (SSSR count). The summed E-state index contributed by atoms with van der Waals surface area (Å²) in [5.74, 6) is 3.10. The minimum absolute atomic E-state index is 0.00402. The van der Waals surface area contributed by atoms with Gasteiger partial charge in [-0.3, -0.25) is 19.6 Å². The number of aromatic nitrogens is 2. The zero-order valence-electron chi connectivity index (χ0n) is 12.5. The average molecular weight is 275 g/mol. The molecule has 0 spiro atoms. The standard InChI is InChI=1S/C14H21N5O/c1-8(2)7-19-12-10(16-11(17-12)9(3)4)13(20)18-6-5-15-14(18)19/h8-9H,5-7H2,1-4H3,(H,16,17). The first-order chi connectivity index (χ1) is 9.49. The number of carbonyl (C=O) groups is 1. The lowest BCUT2D eigenvalue weighted by Crippen LogP contribution is -2.51. The van der Waals surface area contributed by atoms with Gasteiger partial charge in [-0.15, -0.1) is 0 Å². The summed E-state index contributed by atoms with van der Waals surface area (Å²) in [6, 6.07) is 0. The predicted octanol–water partition coefficient (Wildman–Crippen LogP) is 1.82. The Bertz CT molecular complexity index is 572. The quantitative estimate of drug-likeness (QED) is 0.915. The van der Waals surface area contributed by atoms with Crippen molar-refractivity contribution < 1.29 is 4.79 Å². The summed E-state index contributed by atoms with van der Waals surface area (Å²) in [4.78, 5) is 28.7. The van der Waals surface area contributed by atoms with Crippen molar-refractivity contribution in [1.29, 1.82) is 0 Å². The lowest BCUT2D eigenvalue weighted by molar-refractivity contribution is 0.0846. The molecule has 1 amide bonds. The number of rotatable bonds is 3. The van der Waals surface area contributed by atoms with Crippen LogP contribution in [0.25, 0.3) is 0 Å². The van der Waals surface area contributed by atoms with E-state index in [2.05, 4.69) is 47.6 Å². The van der Waals surface area contributed by atoms with Crippen molar-refractivity contribution in [3.05, 3.63) is 11.5 Å². The topological polar surface area (TPSA) is 64.6 Å². The van der Waals surface area contributed by atoms with Crippen molar-refractivity contribution in [3.63, 3.8) is 0 Å². The third-order valence-electron chi connectivity index (χ3n) is 3.57. The van der Waals surface area contributed by atoms with Gasteiger partial charge in [0.15, 0.2) is 5.82 Å². The Morgan fingerprint density at radius 1 is 1.30 bits per heavy atom. The van der Waals surface area contributed by atoms with Gasteiger partial charge in [0.25, 0.3) is 5.91 Å². The molecule has 0 saturated heterocycles. The molecule has 3 heterocycles. The van der Waals surface area contributed by atoms with Crippen LogP contribution in [0.1, 0.15) is 49.9 Å².